The fraction of sp³-hybridized carbons (Fsp3) is 0.929. The van der Waals surface area contributed by atoms with Gasteiger partial charge in [-0.05, 0) is 51.1 Å². The van der Waals surface area contributed by atoms with E-state index < -0.39 is 18.3 Å². The number of nitrogens with zero attached hydrogens (tertiary/aromatic N) is 1. The molecule has 8 heteroatoms. The quantitative estimate of drug-likeness (QED) is 0.824. The zero-order valence-electron chi connectivity index (χ0n) is 12.5. The third-order valence-electron chi connectivity index (χ3n) is 4.58. The van der Waals surface area contributed by atoms with Crippen LogP contribution in [0.1, 0.15) is 38.5 Å². The van der Waals surface area contributed by atoms with E-state index in [4.69, 9.17) is 0 Å². The Balaban J connectivity index is 0.00000242. The van der Waals surface area contributed by atoms with Gasteiger partial charge < -0.3 is 15.3 Å². The summed E-state index contributed by atoms with van der Waals surface area (Å²) in [6.45, 7) is 1.57. The molecule has 1 atom stereocenters. The number of likely N-dealkylation sites (tertiary alicyclic amines) is 1. The lowest BCUT2D eigenvalue weighted by Gasteiger charge is -2.40. The maximum Gasteiger partial charge on any atom is 0.418 e. The van der Waals surface area contributed by atoms with E-state index in [1.807, 2.05) is 0 Å². The molecule has 22 heavy (non-hydrogen) atoms. The number of amides is 1. The van der Waals surface area contributed by atoms with E-state index in [1.54, 1.807) is 0 Å². The van der Waals surface area contributed by atoms with Crippen LogP contribution in [-0.4, -0.2) is 53.9 Å². The normalized spacial score (nSPS) is 27.4. The van der Waals surface area contributed by atoms with Gasteiger partial charge in [0.1, 0.15) is 0 Å². The molecule has 1 amide bonds. The third kappa shape index (κ3) is 4.73. The minimum atomic E-state index is -4.68. The van der Waals surface area contributed by atoms with Crippen LogP contribution in [-0.2, 0) is 4.79 Å². The summed E-state index contributed by atoms with van der Waals surface area (Å²) in [6, 6.07) is 0. The Kier molecular flexibility index (Phi) is 6.95. The number of carbonyl (C=O) groups excluding carboxylic acids is 1. The van der Waals surface area contributed by atoms with Gasteiger partial charge in [0.2, 0.25) is 5.91 Å². The Morgan fingerprint density at radius 1 is 1.32 bits per heavy atom. The molecule has 2 aliphatic heterocycles. The van der Waals surface area contributed by atoms with Gasteiger partial charge in [-0.15, -0.1) is 12.4 Å². The molecule has 0 aromatic carbocycles. The van der Waals surface area contributed by atoms with Crippen LogP contribution in [0, 0.1) is 5.92 Å². The molecule has 0 bridgehead atoms. The van der Waals surface area contributed by atoms with Crippen LogP contribution in [0.3, 0.4) is 0 Å². The van der Waals surface area contributed by atoms with Crippen LogP contribution < -0.4 is 5.32 Å². The van der Waals surface area contributed by atoms with Crippen LogP contribution in [0.2, 0.25) is 0 Å². The van der Waals surface area contributed by atoms with Crippen LogP contribution in [0.5, 0.6) is 0 Å². The van der Waals surface area contributed by atoms with Crippen LogP contribution in [0.15, 0.2) is 0 Å². The van der Waals surface area contributed by atoms with Gasteiger partial charge in [-0.25, -0.2) is 0 Å². The number of carbonyl (C=O) groups is 1. The van der Waals surface area contributed by atoms with Gasteiger partial charge in [0.05, 0.1) is 6.54 Å². The van der Waals surface area contributed by atoms with Gasteiger partial charge in [0.15, 0.2) is 5.60 Å². The Labute approximate surface area is 134 Å². The average Bonchev–Trinajstić information content (AvgIpc) is 2.45. The molecule has 0 radical (unpaired) electrons. The molecule has 2 rings (SSSR count). The first-order chi connectivity index (χ1) is 9.82. The molecule has 2 heterocycles. The summed E-state index contributed by atoms with van der Waals surface area (Å²) in [5, 5.41) is 13.0. The lowest BCUT2D eigenvalue weighted by molar-refractivity contribution is -0.272. The van der Waals surface area contributed by atoms with E-state index in [0.29, 0.717) is 12.5 Å². The van der Waals surface area contributed by atoms with E-state index in [2.05, 4.69) is 5.32 Å². The summed E-state index contributed by atoms with van der Waals surface area (Å²) < 4.78 is 38.5. The fourth-order valence-electron chi connectivity index (χ4n) is 3.14. The predicted molar refractivity (Wildman–Crippen MR) is 78.9 cm³/mol. The van der Waals surface area contributed by atoms with Crippen molar-refractivity contribution in [2.45, 2.75) is 50.3 Å². The van der Waals surface area contributed by atoms with Crippen molar-refractivity contribution in [1.82, 2.24) is 10.2 Å². The number of nitrogens with one attached hydrogen (secondary N) is 1. The Hall–Kier alpha value is -0.530. The van der Waals surface area contributed by atoms with Gasteiger partial charge >= 0.3 is 6.18 Å². The van der Waals surface area contributed by atoms with Crippen molar-refractivity contribution in [1.29, 1.82) is 0 Å². The molecule has 4 nitrogen and oxygen atoms in total. The number of piperidine rings is 2. The number of hydrogen-bond acceptors (Lipinski definition) is 3. The van der Waals surface area contributed by atoms with E-state index in [0.717, 1.165) is 32.4 Å². The maximum absolute atomic E-state index is 12.8. The number of hydrogen-bond donors (Lipinski definition) is 2. The molecular formula is C14H24ClF3N2O2. The van der Waals surface area contributed by atoms with Crippen LogP contribution in [0.4, 0.5) is 13.2 Å². The predicted octanol–water partition coefficient (Wildman–Crippen LogP) is 2.10. The number of rotatable bonds is 3. The number of alkyl halides is 3. The minimum Gasteiger partial charge on any atom is -0.379 e. The van der Waals surface area contributed by atoms with Crippen LogP contribution in [0.25, 0.3) is 0 Å². The second kappa shape index (κ2) is 7.84. The zero-order chi connectivity index (χ0) is 15.5. The van der Waals surface area contributed by atoms with Gasteiger partial charge in [-0.3, -0.25) is 4.79 Å². The molecule has 0 saturated carbocycles. The van der Waals surface area contributed by atoms with Crippen molar-refractivity contribution < 1.29 is 23.1 Å². The third-order valence-corrected chi connectivity index (χ3v) is 4.58. The Morgan fingerprint density at radius 2 is 1.95 bits per heavy atom. The van der Waals surface area contributed by atoms with E-state index >= 15 is 0 Å². The Bertz CT molecular complexity index is 376. The molecule has 0 aliphatic carbocycles. The van der Waals surface area contributed by atoms with Gasteiger partial charge in [0.25, 0.3) is 0 Å². The minimum absolute atomic E-state index is 0. The fourth-order valence-corrected chi connectivity index (χ4v) is 3.14. The SMILES string of the molecule is Cl.O=C(CCC1CCNCC1)N1CCCC(O)(C(F)(F)F)C1. The molecular weight excluding hydrogens is 321 g/mol. The highest BCUT2D eigenvalue weighted by Gasteiger charge is 2.55. The largest absolute Gasteiger partial charge is 0.418 e. The van der Waals surface area contributed by atoms with Crippen molar-refractivity contribution in [3.05, 3.63) is 0 Å². The number of halogens is 4. The van der Waals surface area contributed by atoms with Gasteiger partial charge in [-0.2, -0.15) is 13.2 Å². The molecule has 0 spiro atoms. The van der Waals surface area contributed by atoms with Crippen molar-refractivity contribution in [2.24, 2.45) is 5.92 Å². The first kappa shape index (κ1) is 19.5. The monoisotopic (exact) mass is 344 g/mol. The first-order valence-corrected chi connectivity index (χ1v) is 7.59. The molecule has 0 aromatic heterocycles. The highest BCUT2D eigenvalue weighted by atomic mass is 35.5. The highest BCUT2D eigenvalue weighted by Crippen LogP contribution is 2.37. The van der Waals surface area contributed by atoms with Gasteiger partial charge in [0, 0.05) is 13.0 Å². The van der Waals surface area contributed by atoms with E-state index in [9.17, 15) is 23.1 Å². The summed E-state index contributed by atoms with van der Waals surface area (Å²) in [6.07, 6.45) is -1.79. The summed E-state index contributed by atoms with van der Waals surface area (Å²) in [5.41, 5.74) is -2.74. The summed E-state index contributed by atoms with van der Waals surface area (Å²) in [4.78, 5) is 13.3. The molecule has 0 aromatic rings. The molecule has 2 N–H and O–H groups in total. The summed E-state index contributed by atoms with van der Waals surface area (Å²) >= 11 is 0. The van der Waals surface area contributed by atoms with Crippen molar-refractivity contribution in [3.63, 3.8) is 0 Å². The topological polar surface area (TPSA) is 52.6 Å². The standard InChI is InChI=1S/C14H23F3N2O2.ClH/c15-14(16,17)13(21)6-1-9-19(10-13)12(20)3-2-11-4-7-18-8-5-11;/h11,18,21H,1-10H2;1H. The van der Waals surface area contributed by atoms with Crippen molar-refractivity contribution in [2.75, 3.05) is 26.2 Å². The average molecular weight is 345 g/mol. The highest BCUT2D eigenvalue weighted by molar-refractivity contribution is 5.85. The van der Waals surface area contributed by atoms with Crippen molar-refractivity contribution in [3.8, 4) is 0 Å². The molecule has 2 saturated heterocycles. The molecule has 1 unspecified atom stereocenters. The first-order valence-electron chi connectivity index (χ1n) is 7.59. The lowest BCUT2D eigenvalue weighted by atomic mass is 9.90. The zero-order valence-corrected chi connectivity index (χ0v) is 13.3. The summed E-state index contributed by atoms with van der Waals surface area (Å²) in [7, 11) is 0. The second-order valence-electron chi connectivity index (χ2n) is 6.18. The second-order valence-corrected chi connectivity index (χ2v) is 6.18. The van der Waals surface area contributed by atoms with E-state index in [-0.39, 0.29) is 37.6 Å². The number of β-amino-alcohol motifs (C(OH)–C–C–N with tert-alkyl or cyclic N) is 1. The smallest absolute Gasteiger partial charge is 0.379 e. The van der Waals surface area contributed by atoms with Crippen molar-refractivity contribution >= 4 is 18.3 Å². The summed E-state index contributed by atoms with van der Waals surface area (Å²) in [5.74, 6) is 0.206. The Morgan fingerprint density at radius 3 is 2.55 bits per heavy atom. The molecule has 130 valence electrons. The van der Waals surface area contributed by atoms with Gasteiger partial charge in [-0.1, -0.05) is 0 Å². The number of aliphatic hydroxyl groups is 1. The lowest BCUT2D eigenvalue weighted by Crippen LogP contribution is -2.58. The van der Waals surface area contributed by atoms with E-state index in [1.165, 1.54) is 4.90 Å². The van der Waals surface area contributed by atoms with Crippen LogP contribution >= 0.6 is 12.4 Å². The molecule has 2 aliphatic rings. The maximum atomic E-state index is 12.8. The molecule has 2 fully saturated rings.